The smallest absolute Gasteiger partial charge is 0.0468 e. The maximum absolute atomic E-state index is 5.23. The second-order valence-electron chi connectivity index (χ2n) is 7.09. The molecule has 0 aromatic rings. The fraction of sp³-hybridized carbons (Fsp3) is 1.00. The summed E-state index contributed by atoms with van der Waals surface area (Å²) in [6.45, 7) is 10.6. The van der Waals surface area contributed by atoms with Crippen LogP contribution < -0.4 is 5.32 Å². The van der Waals surface area contributed by atoms with Crippen LogP contribution in [0.1, 0.15) is 46.0 Å². The van der Waals surface area contributed by atoms with Gasteiger partial charge in [0.1, 0.15) is 0 Å². The van der Waals surface area contributed by atoms with E-state index >= 15 is 0 Å². The molecule has 0 spiro atoms. The Morgan fingerprint density at radius 3 is 2.47 bits per heavy atom. The Morgan fingerprint density at radius 1 is 1.26 bits per heavy atom. The van der Waals surface area contributed by atoms with Gasteiger partial charge < -0.3 is 15.0 Å². The van der Waals surface area contributed by atoms with Crippen molar-refractivity contribution in [2.75, 3.05) is 39.9 Å². The molecule has 1 aliphatic carbocycles. The minimum absolute atomic E-state index is 0.588. The standard InChI is InChI=1S/C16H32N2O/c1-14(2)12-18-9-4-15(5-10-18)17-13-16(6-7-16)8-11-19-3/h14-15,17H,4-13H2,1-3H3. The number of methoxy groups -OCH3 is 1. The average Bonchev–Trinajstić information content (AvgIpc) is 3.16. The first-order valence-corrected chi connectivity index (χ1v) is 8.08. The van der Waals surface area contributed by atoms with Crippen LogP contribution in [0.4, 0.5) is 0 Å². The maximum Gasteiger partial charge on any atom is 0.0468 e. The normalized spacial score (nSPS) is 24.0. The third-order valence-electron chi connectivity index (χ3n) is 4.77. The Kier molecular flexibility index (Phi) is 5.67. The van der Waals surface area contributed by atoms with Crippen molar-refractivity contribution in [3.05, 3.63) is 0 Å². The minimum Gasteiger partial charge on any atom is -0.385 e. The van der Waals surface area contributed by atoms with Gasteiger partial charge in [-0.2, -0.15) is 0 Å². The molecular weight excluding hydrogens is 236 g/mol. The van der Waals surface area contributed by atoms with E-state index in [1.807, 2.05) is 7.11 Å². The van der Waals surface area contributed by atoms with Crippen LogP contribution in [-0.4, -0.2) is 50.8 Å². The summed E-state index contributed by atoms with van der Waals surface area (Å²) in [5, 5.41) is 3.82. The molecule has 2 fully saturated rings. The summed E-state index contributed by atoms with van der Waals surface area (Å²) in [6.07, 6.45) is 6.69. The van der Waals surface area contributed by atoms with Crippen molar-refractivity contribution >= 4 is 0 Å². The molecule has 0 unspecified atom stereocenters. The van der Waals surface area contributed by atoms with E-state index in [4.69, 9.17) is 4.74 Å². The predicted octanol–water partition coefficient (Wildman–Crippen LogP) is 2.51. The lowest BCUT2D eigenvalue weighted by Gasteiger charge is -2.34. The second-order valence-corrected chi connectivity index (χ2v) is 7.09. The number of rotatable bonds is 8. The van der Waals surface area contributed by atoms with E-state index in [1.165, 1.54) is 58.3 Å². The molecule has 112 valence electrons. The second kappa shape index (κ2) is 7.05. The van der Waals surface area contributed by atoms with E-state index in [0.29, 0.717) is 5.41 Å². The van der Waals surface area contributed by atoms with Crippen molar-refractivity contribution < 1.29 is 4.74 Å². The summed E-state index contributed by atoms with van der Waals surface area (Å²) in [5.74, 6) is 0.799. The lowest BCUT2D eigenvalue weighted by atomic mass is 9.99. The molecule has 0 amide bonds. The third kappa shape index (κ3) is 5.05. The van der Waals surface area contributed by atoms with Gasteiger partial charge in [-0.25, -0.2) is 0 Å². The average molecular weight is 268 g/mol. The van der Waals surface area contributed by atoms with E-state index in [0.717, 1.165) is 18.6 Å². The number of nitrogens with zero attached hydrogens (tertiary/aromatic N) is 1. The van der Waals surface area contributed by atoms with Gasteiger partial charge in [0.25, 0.3) is 0 Å². The third-order valence-corrected chi connectivity index (χ3v) is 4.77. The Hall–Kier alpha value is -0.120. The number of likely N-dealkylation sites (tertiary alicyclic amines) is 1. The van der Waals surface area contributed by atoms with Gasteiger partial charge in [0.05, 0.1) is 0 Å². The Bertz CT molecular complexity index is 255. The first-order chi connectivity index (χ1) is 9.13. The summed E-state index contributed by atoms with van der Waals surface area (Å²) in [7, 11) is 1.81. The van der Waals surface area contributed by atoms with Gasteiger partial charge in [-0.15, -0.1) is 0 Å². The summed E-state index contributed by atoms with van der Waals surface area (Å²) in [4.78, 5) is 2.63. The maximum atomic E-state index is 5.23. The predicted molar refractivity (Wildman–Crippen MR) is 80.5 cm³/mol. The van der Waals surface area contributed by atoms with Crippen LogP contribution in [-0.2, 0) is 4.74 Å². The number of hydrogen-bond acceptors (Lipinski definition) is 3. The fourth-order valence-corrected chi connectivity index (χ4v) is 3.21. The van der Waals surface area contributed by atoms with Crippen LogP contribution in [0.2, 0.25) is 0 Å². The molecule has 2 aliphatic rings. The molecule has 1 aliphatic heterocycles. The van der Waals surface area contributed by atoms with Crippen LogP contribution in [0, 0.1) is 11.3 Å². The SMILES string of the molecule is COCCC1(CNC2CCN(CC(C)C)CC2)CC1. The Morgan fingerprint density at radius 2 is 1.95 bits per heavy atom. The number of piperidine rings is 1. The van der Waals surface area contributed by atoms with Gasteiger partial charge in [0, 0.05) is 32.8 Å². The summed E-state index contributed by atoms with van der Waals surface area (Å²) >= 11 is 0. The summed E-state index contributed by atoms with van der Waals surface area (Å²) < 4.78 is 5.23. The Labute approximate surface area is 119 Å². The molecule has 0 atom stereocenters. The van der Waals surface area contributed by atoms with Crippen LogP contribution >= 0.6 is 0 Å². The lowest BCUT2D eigenvalue weighted by molar-refractivity contribution is 0.159. The quantitative estimate of drug-likeness (QED) is 0.732. The molecule has 3 heteroatoms. The molecule has 1 N–H and O–H groups in total. The molecule has 3 nitrogen and oxygen atoms in total. The molecule has 0 bridgehead atoms. The molecule has 1 saturated heterocycles. The van der Waals surface area contributed by atoms with Crippen LogP contribution in [0.3, 0.4) is 0 Å². The van der Waals surface area contributed by atoms with Crippen LogP contribution in [0.5, 0.6) is 0 Å². The van der Waals surface area contributed by atoms with E-state index in [-0.39, 0.29) is 0 Å². The highest BCUT2D eigenvalue weighted by Crippen LogP contribution is 2.48. The Balaban J connectivity index is 1.61. The molecule has 19 heavy (non-hydrogen) atoms. The van der Waals surface area contributed by atoms with Crippen molar-refractivity contribution in [1.29, 1.82) is 0 Å². The minimum atomic E-state index is 0.588. The fourth-order valence-electron chi connectivity index (χ4n) is 3.21. The highest BCUT2D eigenvalue weighted by Gasteiger charge is 2.42. The van der Waals surface area contributed by atoms with Gasteiger partial charge in [0.15, 0.2) is 0 Å². The molecule has 1 heterocycles. The van der Waals surface area contributed by atoms with Crippen molar-refractivity contribution in [2.45, 2.75) is 52.0 Å². The zero-order chi connectivity index (χ0) is 13.7. The number of nitrogens with one attached hydrogen (secondary N) is 1. The highest BCUT2D eigenvalue weighted by atomic mass is 16.5. The van der Waals surface area contributed by atoms with Gasteiger partial charge in [-0.05, 0) is 56.5 Å². The molecule has 1 saturated carbocycles. The van der Waals surface area contributed by atoms with Crippen LogP contribution in [0.25, 0.3) is 0 Å². The van der Waals surface area contributed by atoms with Crippen molar-refractivity contribution in [2.24, 2.45) is 11.3 Å². The highest BCUT2D eigenvalue weighted by molar-refractivity contribution is 4.95. The van der Waals surface area contributed by atoms with E-state index in [9.17, 15) is 0 Å². The van der Waals surface area contributed by atoms with Gasteiger partial charge in [-0.3, -0.25) is 0 Å². The van der Waals surface area contributed by atoms with Gasteiger partial charge in [0.2, 0.25) is 0 Å². The molecule has 0 radical (unpaired) electrons. The van der Waals surface area contributed by atoms with E-state index in [1.54, 1.807) is 0 Å². The summed E-state index contributed by atoms with van der Waals surface area (Å²) in [6, 6.07) is 0.753. The van der Waals surface area contributed by atoms with Crippen molar-refractivity contribution in [3.8, 4) is 0 Å². The van der Waals surface area contributed by atoms with E-state index < -0.39 is 0 Å². The monoisotopic (exact) mass is 268 g/mol. The lowest BCUT2D eigenvalue weighted by Crippen LogP contribution is -2.45. The van der Waals surface area contributed by atoms with Crippen molar-refractivity contribution in [3.63, 3.8) is 0 Å². The number of ether oxygens (including phenoxy) is 1. The topological polar surface area (TPSA) is 24.5 Å². The van der Waals surface area contributed by atoms with E-state index in [2.05, 4.69) is 24.1 Å². The van der Waals surface area contributed by atoms with Crippen LogP contribution in [0.15, 0.2) is 0 Å². The van der Waals surface area contributed by atoms with Gasteiger partial charge >= 0.3 is 0 Å². The first-order valence-electron chi connectivity index (χ1n) is 8.08. The zero-order valence-corrected chi connectivity index (χ0v) is 13.1. The van der Waals surface area contributed by atoms with Crippen molar-refractivity contribution in [1.82, 2.24) is 10.2 Å². The summed E-state index contributed by atoms with van der Waals surface area (Å²) in [5.41, 5.74) is 0.588. The molecular formula is C16H32N2O. The van der Waals surface area contributed by atoms with Gasteiger partial charge in [-0.1, -0.05) is 13.8 Å². The first kappa shape index (κ1) is 15.3. The molecule has 0 aromatic carbocycles. The largest absolute Gasteiger partial charge is 0.385 e. The molecule has 0 aromatic heterocycles. The molecule has 2 rings (SSSR count). The number of hydrogen-bond donors (Lipinski definition) is 1. The zero-order valence-electron chi connectivity index (χ0n) is 13.1.